The fourth-order valence-electron chi connectivity index (χ4n) is 3.21. The molecule has 0 aromatic heterocycles. The first-order chi connectivity index (χ1) is 9.22. The van der Waals surface area contributed by atoms with Gasteiger partial charge in [-0.15, -0.1) is 0 Å². The first-order valence-corrected chi connectivity index (χ1v) is 7.36. The van der Waals surface area contributed by atoms with Crippen molar-refractivity contribution in [3.05, 3.63) is 0 Å². The van der Waals surface area contributed by atoms with Gasteiger partial charge in [0, 0.05) is 33.2 Å². The predicted octanol–water partition coefficient (Wildman–Crippen LogP) is 0.912. The Hall–Kier alpha value is -0.650. The molecule has 0 aliphatic carbocycles. The fraction of sp³-hybridized carbons (Fsp3) is 0.929. The van der Waals surface area contributed by atoms with E-state index in [1.54, 1.807) is 7.11 Å². The van der Waals surface area contributed by atoms with Crippen molar-refractivity contribution in [1.29, 1.82) is 0 Å². The van der Waals surface area contributed by atoms with Gasteiger partial charge in [0.25, 0.3) is 0 Å². The number of hydrogen-bond acceptors (Lipinski definition) is 4. The van der Waals surface area contributed by atoms with Gasteiger partial charge in [0.2, 0.25) is 5.91 Å². The molecular formula is C14H26N2O3. The molecule has 19 heavy (non-hydrogen) atoms. The Bertz CT molecular complexity index is 303. The topological polar surface area (TPSA) is 64.8 Å². The summed E-state index contributed by atoms with van der Waals surface area (Å²) in [5.41, 5.74) is 5.32. The molecule has 0 bridgehead atoms. The highest BCUT2D eigenvalue weighted by molar-refractivity contribution is 5.76. The van der Waals surface area contributed by atoms with Crippen LogP contribution >= 0.6 is 0 Å². The molecular weight excluding hydrogens is 244 g/mol. The summed E-state index contributed by atoms with van der Waals surface area (Å²) in [7, 11) is 1.72. The van der Waals surface area contributed by atoms with Crippen LogP contribution in [0.3, 0.4) is 0 Å². The SMILES string of the molecule is CO[C@H]1CN(C(=O)CCCCN)CC[C@@]12CCCO2. The molecule has 2 aliphatic rings. The quantitative estimate of drug-likeness (QED) is 0.754. The summed E-state index contributed by atoms with van der Waals surface area (Å²) in [4.78, 5) is 14.1. The molecule has 1 spiro atoms. The number of nitrogens with two attached hydrogens (primary N) is 1. The van der Waals surface area contributed by atoms with Crippen molar-refractivity contribution in [2.45, 2.75) is 50.2 Å². The zero-order valence-electron chi connectivity index (χ0n) is 11.9. The third kappa shape index (κ3) is 3.27. The molecule has 2 aliphatic heterocycles. The van der Waals surface area contributed by atoms with Gasteiger partial charge in [-0.3, -0.25) is 4.79 Å². The van der Waals surface area contributed by atoms with Crippen molar-refractivity contribution in [3.63, 3.8) is 0 Å². The smallest absolute Gasteiger partial charge is 0.222 e. The summed E-state index contributed by atoms with van der Waals surface area (Å²) < 4.78 is 11.5. The van der Waals surface area contributed by atoms with Crippen molar-refractivity contribution >= 4 is 5.91 Å². The van der Waals surface area contributed by atoms with Crippen LogP contribution in [0, 0.1) is 0 Å². The van der Waals surface area contributed by atoms with E-state index in [0.717, 1.165) is 45.3 Å². The number of methoxy groups -OCH3 is 1. The van der Waals surface area contributed by atoms with Crippen molar-refractivity contribution < 1.29 is 14.3 Å². The van der Waals surface area contributed by atoms with E-state index < -0.39 is 0 Å². The van der Waals surface area contributed by atoms with Gasteiger partial charge < -0.3 is 20.1 Å². The number of hydrogen-bond donors (Lipinski definition) is 1. The number of piperidine rings is 1. The maximum absolute atomic E-state index is 12.1. The Balaban J connectivity index is 1.87. The van der Waals surface area contributed by atoms with E-state index in [4.69, 9.17) is 15.2 Å². The molecule has 110 valence electrons. The Labute approximate surface area is 115 Å². The largest absolute Gasteiger partial charge is 0.377 e. The molecule has 5 nitrogen and oxygen atoms in total. The first-order valence-electron chi connectivity index (χ1n) is 7.36. The van der Waals surface area contributed by atoms with Crippen molar-refractivity contribution in [3.8, 4) is 0 Å². The summed E-state index contributed by atoms with van der Waals surface area (Å²) in [5, 5.41) is 0. The molecule has 2 N–H and O–H groups in total. The Kier molecular flexibility index (Phi) is 5.19. The lowest BCUT2D eigenvalue weighted by molar-refractivity contribution is -0.158. The molecule has 0 aromatic carbocycles. The number of nitrogens with zero attached hydrogens (tertiary/aromatic N) is 1. The van der Waals surface area contributed by atoms with Gasteiger partial charge in [0.05, 0.1) is 5.60 Å². The normalized spacial score (nSPS) is 31.1. The molecule has 0 radical (unpaired) electrons. The van der Waals surface area contributed by atoms with Crippen LogP contribution < -0.4 is 5.73 Å². The molecule has 0 aromatic rings. The number of amides is 1. The molecule has 2 rings (SSSR count). The Morgan fingerprint density at radius 2 is 2.32 bits per heavy atom. The predicted molar refractivity (Wildman–Crippen MR) is 72.8 cm³/mol. The average Bonchev–Trinajstić information content (AvgIpc) is 2.88. The minimum atomic E-state index is -0.136. The summed E-state index contributed by atoms with van der Waals surface area (Å²) >= 11 is 0. The number of rotatable bonds is 5. The molecule has 5 heteroatoms. The molecule has 2 heterocycles. The maximum atomic E-state index is 12.1. The van der Waals surface area contributed by atoms with Crippen LogP contribution in [0.25, 0.3) is 0 Å². The molecule has 2 saturated heterocycles. The van der Waals surface area contributed by atoms with E-state index in [1.165, 1.54) is 0 Å². The average molecular weight is 270 g/mol. The van der Waals surface area contributed by atoms with Gasteiger partial charge in [-0.05, 0) is 38.6 Å². The molecule has 0 saturated carbocycles. The lowest BCUT2D eigenvalue weighted by atomic mass is 9.85. The van der Waals surface area contributed by atoms with Crippen LogP contribution in [0.2, 0.25) is 0 Å². The summed E-state index contributed by atoms with van der Waals surface area (Å²) in [5.74, 6) is 0.225. The molecule has 0 unspecified atom stereocenters. The highest BCUT2D eigenvalue weighted by Crippen LogP contribution is 2.37. The first kappa shape index (κ1) is 14.8. The number of carbonyl (C=O) groups excluding carboxylic acids is 1. The van der Waals surface area contributed by atoms with Crippen LogP contribution in [-0.2, 0) is 14.3 Å². The van der Waals surface area contributed by atoms with Gasteiger partial charge in [-0.25, -0.2) is 0 Å². The van der Waals surface area contributed by atoms with Gasteiger partial charge in [-0.2, -0.15) is 0 Å². The second kappa shape index (κ2) is 6.68. The molecule has 2 atom stereocenters. The molecule has 1 amide bonds. The summed E-state index contributed by atoms with van der Waals surface area (Å²) in [6.45, 7) is 2.94. The van der Waals surface area contributed by atoms with Crippen LogP contribution in [0.1, 0.15) is 38.5 Å². The third-order valence-electron chi connectivity index (χ3n) is 4.39. The van der Waals surface area contributed by atoms with Crippen LogP contribution in [-0.4, -0.2) is 55.9 Å². The zero-order chi connectivity index (χ0) is 13.7. The third-order valence-corrected chi connectivity index (χ3v) is 4.39. The maximum Gasteiger partial charge on any atom is 0.222 e. The minimum Gasteiger partial charge on any atom is -0.377 e. The van der Waals surface area contributed by atoms with Crippen LogP contribution in [0.4, 0.5) is 0 Å². The minimum absolute atomic E-state index is 0.0159. The van der Waals surface area contributed by atoms with Crippen molar-refractivity contribution in [2.75, 3.05) is 33.4 Å². The number of likely N-dealkylation sites (tertiary alicyclic amines) is 1. The number of carbonyl (C=O) groups is 1. The molecule has 2 fully saturated rings. The Morgan fingerprint density at radius 1 is 1.47 bits per heavy atom. The van der Waals surface area contributed by atoms with E-state index in [0.29, 0.717) is 19.5 Å². The zero-order valence-corrected chi connectivity index (χ0v) is 11.9. The number of unbranched alkanes of at least 4 members (excludes halogenated alkanes) is 1. The lowest BCUT2D eigenvalue weighted by Crippen LogP contribution is -2.57. The highest BCUT2D eigenvalue weighted by atomic mass is 16.5. The standard InChI is InChI=1S/C14H26N2O3/c1-18-12-11-16(13(17)5-2-3-8-15)9-7-14(12)6-4-10-19-14/h12H,2-11,15H2,1H3/t12-,14-/m0/s1. The monoisotopic (exact) mass is 270 g/mol. The highest BCUT2D eigenvalue weighted by Gasteiger charge is 2.47. The van der Waals surface area contributed by atoms with E-state index in [1.807, 2.05) is 4.90 Å². The summed E-state index contributed by atoms with van der Waals surface area (Å²) in [6.07, 6.45) is 5.47. The Morgan fingerprint density at radius 3 is 2.95 bits per heavy atom. The van der Waals surface area contributed by atoms with E-state index in [2.05, 4.69) is 0 Å². The van der Waals surface area contributed by atoms with Gasteiger partial charge in [-0.1, -0.05) is 0 Å². The van der Waals surface area contributed by atoms with Crippen LogP contribution in [0.15, 0.2) is 0 Å². The van der Waals surface area contributed by atoms with Gasteiger partial charge >= 0.3 is 0 Å². The van der Waals surface area contributed by atoms with E-state index >= 15 is 0 Å². The van der Waals surface area contributed by atoms with E-state index in [9.17, 15) is 4.79 Å². The fourth-order valence-corrected chi connectivity index (χ4v) is 3.21. The second-order valence-electron chi connectivity index (χ2n) is 5.58. The lowest BCUT2D eigenvalue weighted by Gasteiger charge is -2.44. The second-order valence-corrected chi connectivity index (χ2v) is 5.58. The van der Waals surface area contributed by atoms with Crippen molar-refractivity contribution in [2.24, 2.45) is 5.73 Å². The van der Waals surface area contributed by atoms with Gasteiger partial charge in [0.15, 0.2) is 0 Å². The van der Waals surface area contributed by atoms with Crippen molar-refractivity contribution in [1.82, 2.24) is 4.90 Å². The van der Waals surface area contributed by atoms with E-state index in [-0.39, 0.29) is 17.6 Å². The number of ether oxygens (including phenoxy) is 2. The van der Waals surface area contributed by atoms with Gasteiger partial charge in [0.1, 0.15) is 6.10 Å². The van der Waals surface area contributed by atoms with Crippen LogP contribution in [0.5, 0.6) is 0 Å². The summed E-state index contributed by atoms with van der Waals surface area (Å²) in [6, 6.07) is 0.